The third-order valence-corrected chi connectivity index (χ3v) is 2.85. The van der Waals surface area contributed by atoms with Gasteiger partial charge in [0, 0.05) is 35.6 Å². The number of aromatic nitrogens is 6. The van der Waals surface area contributed by atoms with Crippen LogP contribution in [0.25, 0.3) is 22.1 Å². The average molecular weight is 294 g/mol. The van der Waals surface area contributed by atoms with Crippen LogP contribution in [0.3, 0.4) is 0 Å². The van der Waals surface area contributed by atoms with Crippen molar-refractivity contribution < 1.29 is 9.59 Å². The minimum absolute atomic E-state index is 0.208. The number of carbonyl (C=O) groups excluding carboxylic acids is 2. The molecule has 108 valence electrons. The van der Waals surface area contributed by atoms with E-state index in [0.29, 0.717) is 23.9 Å². The van der Waals surface area contributed by atoms with Gasteiger partial charge in [-0.3, -0.25) is 9.59 Å². The number of aldehydes is 2. The molecule has 8 heteroatoms. The van der Waals surface area contributed by atoms with E-state index in [-0.39, 0.29) is 11.6 Å². The first-order valence-electron chi connectivity index (χ1n) is 6.31. The standard InChI is InChI=1S/2C7H5N3O/c2*11-4-6-9-3-5-1-2-8-7(5)10-6/h2*1-4H,(H,8,9,10). The Bertz CT molecular complexity index is 864. The van der Waals surface area contributed by atoms with Crippen molar-refractivity contribution in [1.82, 2.24) is 29.9 Å². The summed E-state index contributed by atoms with van der Waals surface area (Å²) in [6.07, 6.45) is 7.99. The van der Waals surface area contributed by atoms with Crippen molar-refractivity contribution in [3.05, 3.63) is 48.6 Å². The fraction of sp³-hybridized carbons (Fsp3) is 0. The summed E-state index contributed by atoms with van der Waals surface area (Å²) in [5.41, 5.74) is 1.39. The van der Waals surface area contributed by atoms with Gasteiger partial charge in [0.2, 0.25) is 0 Å². The number of H-pyrrole nitrogens is 2. The number of fused-ring (bicyclic) bond motifs is 2. The first kappa shape index (κ1) is 13.6. The Morgan fingerprint density at radius 1 is 0.773 bits per heavy atom. The van der Waals surface area contributed by atoms with Gasteiger partial charge in [-0.15, -0.1) is 0 Å². The molecule has 0 radical (unpaired) electrons. The fourth-order valence-corrected chi connectivity index (χ4v) is 1.82. The lowest BCUT2D eigenvalue weighted by molar-refractivity contribution is 0.110. The smallest absolute Gasteiger partial charge is 0.194 e. The maximum Gasteiger partial charge on any atom is 0.194 e. The van der Waals surface area contributed by atoms with Gasteiger partial charge >= 0.3 is 0 Å². The molecule has 0 aromatic carbocycles. The number of hydrogen-bond acceptors (Lipinski definition) is 6. The zero-order valence-electron chi connectivity index (χ0n) is 11.2. The van der Waals surface area contributed by atoms with Crippen molar-refractivity contribution in [1.29, 1.82) is 0 Å². The van der Waals surface area contributed by atoms with E-state index >= 15 is 0 Å². The predicted octanol–water partition coefficient (Wildman–Crippen LogP) is 1.54. The lowest BCUT2D eigenvalue weighted by atomic mass is 10.4. The average Bonchev–Trinajstić information content (AvgIpc) is 3.22. The van der Waals surface area contributed by atoms with Crippen molar-refractivity contribution in [3.8, 4) is 0 Å². The van der Waals surface area contributed by atoms with Gasteiger partial charge in [-0.05, 0) is 12.1 Å². The molecule has 4 aromatic rings. The highest BCUT2D eigenvalue weighted by Gasteiger charge is 1.98. The Labute approximate surface area is 123 Å². The van der Waals surface area contributed by atoms with Gasteiger partial charge in [0.15, 0.2) is 24.2 Å². The van der Waals surface area contributed by atoms with Gasteiger partial charge < -0.3 is 9.97 Å². The van der Waals surface area contributed by atoms with Crippen molar-refractivity contribution in [2.24, 2.45) is 0 Å². The molecule has 0 saturated carbocycles. The van der Waals surface area contributed by atoms with Crippen molar-refractivity contribution in [2.45, 2.75) is 0 Å². The minimum atomic E-state index is 0.208. The summed E-state index contributed by atoms with van der Waals surface area (Å²) in [5, 5.41) is 1.83. The first-order chi connectivity index (χ1) is 10.8. The number of rotatable bonds is 2. The molecule has 8 nitrogen and oxygen atoms in total. The highest BCUT2D eigenvalue weighted by atomic mass is 16.1. The van der Waals surface area contributed by atoms with Gasteiger partial charge in [-0.2, -0.15) is 0 Å². The summed E-state index contributed by atoms with van der Waals surface area (Å²) >= 11 is 0. The monoisotopic (exact) mass is 294 g/mol. The zero-order valence-corrected chi connectivity index (χ0v) is 11.2. The summed E-state index contributed by atoms with van der Waals surface area (Å²) in [4.78, 5) is 41.7. The summed E-state index contributed by atoms with van der Waals surface area (Å²) in [6.45, 7) is 0. The largest absolute Gasteiger partial charge is 0.346 e. The molecular formula is C14H10N6O2. The SMILES string of the molecule is O=Cc1ncc2cc[nH]c2n1.O=Cc1ncc2cc[nH]c2n1. The van der Waals surface area contributed by atoms with E-state index in [2.05, 4.69) is 29.9 Å². The van der Waals surface area contributed by atoms with Gasteiger partial charge in [-0.1, -0.05) is 0 Å². The fourth-order valence-electron chi connectivity index (χ4n) is 1.82. The Hall–Kier alpha value is -3.42. The Morgan fingerprint density at radius 2 is 1.23 bits per heavy atom. The van der Waals surface area contributed by atoms with Gasteiger partial charge in [-0.25, -0.2) is 19.9 Å². The molecule has 0 unspecified atom stereocenters. The molecule has 0 saturated heterocycles. The van der Waals surface area contributed by atoms with Gasteiger partial charge in [0.05, 0.1) is 0 Å². The molecule has 4 heterocycles. The highest BCUT2D eigenvalue weighted by molar-refractivity contribution is 5.79. The third-order valence-electron chi connectivity index (χ3n) is 2.85. The van der Waals surface area contributed by atoms with Gasteiger partial charge in [0.25, 0.3) is 0 Å². The molecular weight excluding hydrogens is 284 g/mol. The van der Waals surface area contributed by atoms with Crippen LogP contribution in [0.4, 0.5) is 0 Å². The number of aromatic amines is 2. The Kier molecular flexibility index (Phi) is 3.65. The molecule has 4 aromatic heterocycles. The molecule has 2 N–H and O–H groups in total. The van der Waals surface area contributed by atoms with Crippen LogP contribution < -0.4 is 0 Å². The van der Waals surface area contributed by atoms with Crippen LogP contribution >= 0.6 is 0 Å². The topological polar surface area (TPSA) is 117 Å². The number of nitrogens with one attached hydrogen (secondary N) is 2. The molecule has 0 fully saturated rings. The van der Waals surface area contributed by atoms with Crippen molar-refractivity contribution in [2.75, 3.05) is 0 Å². The lowest BCUT2D eigenvalue weighted by Crippen LogP contribution is -1.90. The summed E-state index contributed by atoms with van der Waals surface area (Å²) in [7, 11) is 0. The van der Waals surface area contributed by atoms with Crippen LogP contribution in [0.2, 0.25) is 0 Å². The predicted molar refractivity (Wildman–Crippen MR) is 78.6 cm³/mol. The molecule has 0 amide bonds. The second-order valence-corrected chi connectivity index (χ2v) is 4.26. The van der Waals surface area contributed by atoms with Crippen LogP contribution in [0.1, 0.15) is 21.2 Å². The quantitative estimate of drug-likeness (QED) is 0.541. The Morgan fingerprint density at radius 3 is 1.64 bits per heavy atom. The summed E-state index contributed by atoms with van der Waals surface area (Å²) in [6, 6.07) is 3.70. The van der Waals surface area contributed by atoms with E-state index in [0.717, 1.165) is 10.8 Å². The van der Waals surface area contributed by atoms with Crippen LogP contribution in [0.5, 0.6) is 0 Å². The molecule has 0 aliphatic rings. The summed E-state index contributed by atoms with van der Waals surface area (Å²) in [5.74, 6) is 0.417. The zero-order chi connectivity index (χ0) is 15.4. The molecule has 0 aliphatic heterocycles. The molecule has 0 atom stereocenters. The van der Waals surface area contributed by atoms with Crippen LogP contribution in [-0.2, 0) is 0 Å². The van der Waals surface area contributed by atoms with Crippen LogP contribution in [-0.4, -0.2) is 42.5 Å². The normalized spacial score (nSPS) is 10.2. The van der Waals surface area contributed by atoms with E-state index in [1.807, 2.05) is 12.1 Å². The molecule has 0 bridgehead atoms. The van der Waals surface area contributed by atoms with Crippen molar-refractivity contribution in [3.63, 3.8) is 0 Å². The lowest BCUT2D eigenvalue weighted by Gasteiger charge is -1.88. The van der Waals surface area contributed by atoms with E-state index in [4.69, 9.17) is 0 Å². The maximum absolute atomic E-state index is 10.2. The minimum Gasteiger partial charge on any atom is -0.346 e. The highest BCUT2D eigenvalue weighted by Crippen LogP contribution is 2.06. The van der Waals surface area contributed by atoms with Crippen LogP contribution in [0.15, 0.2) is 36.9 Å². The summed E-state index contributed by atoms with van der Waals surface area (Å²) < 4.78 is 0. The second kappa shape index (κ2) is 5.92. The van der Waals surface area contributed by atoms with E-state index < -0.39 is 0 Å². The molecule has 0 spiro atoms. The number of carbonyl (C=O) groups is 2. The van der Waals surface area contributed by atoms with E-state index in [1.54, 1.807) is 24.8 Å². The van der Waals surface area contributed by atoms with E-state index in [1.165, 1.54) is 0 Å². The number of hydrogen-bond donors (Lipinski definition) is 2. The van der Waals surface area contributed by atoms with Crippen LogP contribution in [0, 0.1) is 0 Å². The second-order valence-electron chi connectivity index (χ2n) is 4.26. The van der Waals surface area contributed by atoms with Gasteiger partial charge in [0.1, 0.15) is 11.3 Å². The maximum atomic E-state index is 10.2. The number of nitrogens with zero attached hydrogens (tertiary/aromatic N) is 4. The third kappa shape index (κ3) is 2.70. The molecule has 0 aliphatic carbocycles. The van der Waals surface area contributed by atoms with Crippen molar-refractivity contribution >= 4 is 34.6 Å². The molecule has 22 heavy (non-hydrogen) atoms. The Balaban J connectivity index is 0.000000131. The first-order valence-corrected chi connectivity index (χ1v) is 6.31. The molecule has 4 rings (SSSR count). The van der Waals surface area contributed by atoms with E-state index in [9.17, 15) is 9.59 Å².